The van der Waals surface area contributed by atoms with Gasteiger partial charge in [-0.1, -0.05) is 23.8 Å². The van der Waals surface area contributed by atoms with Crippen LogP contribution in [-0.4, -0.2) is 20.9 Å². The topological polar surface area (TPSA) is 59.8 Å². The van der Waals surface area contributed by atoms with Crippen molar-refractivity contribution in [2.75, 3.05) is 5.32 Å². The fourth-order valence-electron chi connectivity index (χ4n) is 2.63. The lowest BCUT2D eigenvalue weighted by atomic mass is 10.1. The SMILES string of the molecule is Cc1ccc(-n2nc(C)c(C(=O)Nc3ccc(C)cc3Br)n2)c(C)c1. The summed E-state index contributed by atoms with van der Waals surface area (Å²) in [4.78, 5) is 14.1. The lowest BCUT2D eigenvalue weighted by Gasteiger charge is -2.07. The normalized spacial score (nSPS) is 10.8. The molecule has 1 aromatic heterocycles. The van der Waals surface area contributed by atoms with Crippen molar-refractivity contribution in [2.45, 2.75) is 27.7 Å². The molecule has 0 unspecified atom stereocenters. The van der Waals surface area contributed by atoms with E-state index in [2.05, 4.69) is 37.5 Å². The van der Waals surface area contributed by atoms with Crippen LogP contribution in [0.4, 0.5) is 5.69 Å². The summed E-state index contributed by atoms with van der Waals surface area (Å²) in [7, 11) is 0. The van der Waals surface area contributed by atoms with Crippen LogP contribution in [0.3, 0.4) is 0 Å². The number of aromatic nitrogens is 3. The number of amides is 1. The Morgan fingerprint density at radius 2 is 1.68 bits per heavy atom. The maximum atomic E-state index is 12.6. The van der Waals surface area contributed by atoms with Gasteiger partial charge in [-0.25, -0.2) is 0 Å². The largest absolute Gasteiger partial charge is 0.319 e. The van der Waals surface area contributed by atoms with Crippen LogP contribution in [0.5, 0.6) is 0 Å². The lowest BCUT2D eigenvalue weighted by molar-refractivity contribution is 0.102. The Morgan fingerprint density at radius 3 is 2.36 bits per heavy atom. The van der Waals surface area contributed by atoms with Crippen molar-refractivity contribution < 1.29 is 4.79 Å². The Kier molecular flexibility index (Phi) is 4.72. The summed E-state index contributed by atoms with van der Waals surface area (Å²) < 4.78 is 0.834. The van der Waals surface area contributed by atoms with Gasteiger partial charge in [0.05, 0.1) is 17.1 Å². The van der Waals surface area contributed by atoms with Gasteiger partial charge in [0, 0.05) is 4.47 Å². The highest BCUT2D eigenvalue weighted by molar-refractivity contribution is 9.10. The zero-order chi connectivity index (χ0) is 18.1. The second-order valence-electron chi connectivity index (χ2n) is 6.15. The van der Waals surface area contributed by atoms with E-state index in [1.807, 2.05) is 51.1 Å². The van der Waals surface area contributed by atoms with Crippen molar-refractivity contribution in [1.82, 2.24) is 15.0 Å². The molecule has 0 aliphatic heterocycles. The van der Waals surface area contributed by atoms with Crippen molar-refractivity contribution >= 4 is 27.5 Å². The molecule has 25 heavy (non-hydrogen) atoms. The molecule has 2 aromatic carbocycles. The van der Waals surface area contributed by atoms with Crippen LogP contribution in [0, 0.1) is 27.7 Å². The first-order chi connectivity index (χ1) is 11.8. The molecule has 0 saturated heterocycles. The molecule has 128 valence electrons. The third kappa shape index (κ3) is 3.64. The first kappa shape index (κ1) is 17.4. The van der Waals surface area contributed by atoms with E-state index < -0.39 is 0 Å². The predicted octanol–water partition coefficient (Wildman–Crippen LogP) is 4.52. The Bertz CT molecular complexity index is 962. The smallest absolute Gasteiger partial charge is 0.278 e. The predicted molar refractivity (Wildman–Crippen MR) is 102 cm³/mol. The standard InChI is InChI=1S/C19H19BrN4O/c1-11-6-8-17(13(3)9-11)24-22-14(4)18(23-24)19(25)21-16-7-5-12(2)10-15(16)20/h5-10H,1-4H3,(H,21,25). The quantitative estimate of drug-likeness (QED) is 0.705. The number of nitrogens with one attached hydrogen (secondary N) is 1. The van der Waals surface area contributed by atoms with Crippen LogP contribution in [0.1, 0.15) is 32.9 Å². The van der Waals surface area contributed by atoms with Gasteiger partial charge in [-0.05, 0) is 73.0 Å². The number of halogens is 1. The molecular formula is C19H19BrN4O. The van der Waals surface area contributed by atoms with Crippen molar-refractivity contribution in [3.8, 4) is 5.69 Å². The molecule has 1 N–H and O–H groups in total. The van der Waals surface area contributed by atoms with Crippen LogP contribution in [-0.2, 0) is 0 Å². The average Bonchev–Trinajstić information content (AvgIpc) is 2.91. The number of aryl methyl sites for hydroxylation is 4. The van der Waals surface area contributed by atoms with Crippen molar-refractivity contribution in [3.63, 3.8) is 0 Å². The summed E-state index contributed by atoms with van der Waals surface area (Å²) in [6, 6.07) is 11.8. The minimum atomic E-state index is -0.280. The molecule has 5 nitrogen and oxygen atoms in total. The zero-order valence-corrected chi connectivity index (χ0v) is 16.2. The first-order valence-electron chi connectivity index (χ1n) is 7.94. The molecule has 0 aliphatic carbocycles. The van der Waals surface area contributed by atoms with E-state index in [0.29, 0.717) is 17.1 Å². The molecule has 0 saturated carbocycles. The average molecular weight is 399 g/mol. The lowest BCUT2D eigenvalue weighted by Crippen LogP contribution is -2.14. The van der Waals surface area contributed by atoms with Crippen LogP contribution in [0.2, 0.25) is 0 Å². The molecular weight excluding hydrogens is 380 g/mol. The van der Waals surface area contributed by atoms with E-state index >= 15 is 0 Å². The van der Waals surface area contributed by atoms with E-state index in [1.165, 1.54) is 10.4 Å². The Morgan fingerprint density at radius 1 is 1.00 bits per heavy atom. The fourth-order valence-corrected chi connectivity index (χ4v) is 3.22. The molecule has 0 bridgehead atoms. The van der Waals surface area contributed by atoms with Gasteiger partial charge in [0.15, 0.2) is 5.69 Å². The van der Waals surface area contributed by atoms with Gasteiger partial charge in [0.1, 0.15) is 0 Å². The summed E-state index contributed by atoms with van der Waals surface area (Å²) in [5.74, 6) is -0.280. The molecule has 1 heterocycles. The Labute approximate surface area is 155 Å². The van der Waals surface area contributed by atoms with Crippen LogP contribution >= 0.6 is 15.9 Å². The highest BCUT2D eigenvalue weighted by atomic mass is 79.9. The van der Waals surface area contributed by atoms with Gasteiger partial charge < -0.3 is 5.32 Å². The van der Waals surface area contributed by atoms with E-state index in [9.17, 15) is 4.79 Å². The van der Waals surface area contributed by atoms with Crippen LogP contribution < -0.4 is 5.32 Å². The molecule has 0 fully saturated rings. The van der Waals surface area contributed by atoms with E-state index in [4.69, 9.17) is 0 Å². The highest BCUT2D eigenvalue weighted by Gasteiger charge is 2.18. The molecule has 1 amide bonds. The van der Waals surface area contributed by atoms with Gasteiger partial charge in [-0.15, -0.1) is 5.10 Å². The number of anilines is 1. The maximum Gasteiger partial charge on any atom is 0.278 e. The Balaban J connectivity index is 1.90. The summed E-state index contributed by atoms with van der Waals surface area (Å²) >= 11 is 3.47. The molecule has 0 spiro atoms. The monoisotopic (exact) mass is 398 g/mol. The number of benzene rings is 2. The van der Waals surface area contributed by atoms with Gasteiger partial charge in [-0.3, -0.25) is 4.79 Å². The summed E-state index contributed by atoms with van der Waals surface area (Å²) in [5, 5.41) is 11.7. The van der Waals surface area contributed by atoms with Gasteiger partial charge >= 0.3 is 0 Å². The highest BCUT2D eigenvalue weighted by Crippen LogP contribution is 2.24. The second kappa shape index (κ2) is 6.80. The van der Waals surface area contributed by atoms with Crippen LogP contribution in [0.15, 0.2) is 40.9 Å². The minimum absolute atomic E-state index is 0.280. The van der Waals surface area contributed by atoms with Crippen LogP contribution in [0.25, 0.3) is 5.69 Å². The number of hydrogen-bond acceptors (Lipinski definition) is 3. The molecule has 0 radical (unpaired) electrons. The van der Waals surface area contributed by atoms with Gasteiger partial charge in [-0.2, -0.15) is 9.90 Å². The Hall–Kier alpha value is -2.47. The van der Waals surface area contributed by atoms with Crippen molar-refractivity contribution in [3.05, 3.63) is 68.9 Å². The van der Waals surface area contributed by atoms with E-state index in [0.717, 1.165) is 21.3 Å². The zero-order valence-electron chi connectivity index (χ0n) is 14.6. The summed E-state index contributed by atoms with van der Waals surface area (Å²) in [6.07, 6.45) is 0. The molecule has 3 aromatic rings. The summed E-state index contributed by atoms with van der Waals surface area (Å²) in [5.41, 5.74) is 5.81. The number of nitrogens with zero attached hydrogens (tertiary/aromatic N) is 3. The summed E-state index contributed by atoms with van der Waals surface area (Å²) in [6.45, 7) is 7.82. The number of carbonyl (C=O) groups is 1. The number of hydrogen-bond donors (Lipinski definition) is 1. The number of carbonyl (C=O) groups excluding carboxylic acids is 1. The van der Waals surface area contributed by atoms with E-state index in [1.54, 1.807) is 6.92 Å². The van der Waals surface area contributed by atoms with Crippen molar-refractivity contribution in [2.24, 2.45) is 0 Å². The number of rotatable bonds is 3. The third-order valence-electron chi connectivity index (χ3n) is 3.94. The molecule has 6 heteroatoms. The maximum absolute atomic E-state index is 12.6. The van der Waals surface area contributed by atoms with E-state index in [-0.39, 0.29) is 5.91 Å². The third-order valence-corrected chi connectivity index (χ3v) is 4.59. The van der Waals surface area contributed by atoms with Gasteiger partial charge in [0.2, 0.25) is 0 Å². The van der Waals surface area contributed by atoms with Gasteiger partial charge in [0.25, 0.3) is 5.91 Å². The van der Waals surface area contributed by atoms with Crippen molar-refractivity contribution in [1.29, 1.82) is 0 Å². The molecule has 0 atom stereocenters. The second-order valence-corrected chi connectivity index (χ2v) is 7.01. The molecule has 0 aliphatic rings. The minimum Gasteiger partial charge on any atom is -0.319 e. The fraction of sp³-hybridized carbons (Fsp3) is 0.211. The molecule has 3 rings (SSSR count). The first-order valence-corrected chi connectivity index (χ1v) is 8.73.